The zero-order chi connectivity index (χ0) is 19.5. The molecule has 0 N–H and O–H groups in total. The van der Waals surface area contributed by atoms with Gasteiger partial charge in [0.1, 0.15) is 17.1 Å². The van der Waals surface area contributed by atoms with Crippen LogP contribution in [0.15, 0.2) is 69.9 Å². The molecule has 0 bridgehead atoms. The number of hydrogen-bond acceptors (Lipinski definition) is 4. The average molecular weight is 439 g/mol. The Morgan fingerprint density at radius 2 is 1.79 bits per heavy atom. The number of halogens is 1. The van der Waals surface area contributed by atoms with Crippen molar-refractivity contribution in [1.82, 2.24) is 0 Å². The van der Waals surface area contributed by atoms with Crippen molar-refractivity contribution < 1.29 is 13.9 Å². The van der Waals surface area contributed by atoms with Gasteiger partial charge >= 0.3 is 0 Å². The third kappa shape index (κ3) is 3.76. The molecule has 142 valence electrons. The lowest BCUT2D eigenvalue weighted by molar-refractivity contribution is 0.318. The van der Waals surface area contributed by atoms with Gasteiger partial charge in [0.05, 0.1) is 17.4 Å². The largest absolute Gasteiger partial charge is 0.490 e. The van der Waals surface area contributed by atoms with Crippen LogP contribution in [-0.2, 0) is 0 Å². The molecule has 0 atom stereocenters. The topological polar surface area (TPSA) is 48.7 Å². The minimum absolute atomic E-state index is 0.0726. The van der Waals surface area contributed by atoms with Crippen LogP contribution in [0.5, 0.6) is 17.2 Å². The monoisotopic (exact) mass is 438 g/mol. The average Bonchev–Trinajstić information content (AvgIpc) is 2.70. The van der Waals surface area contributed by atoms with Gasteiger partial charge in [0, 0.05) is 11.4 Å². The molecule has 5 heteroatoms. The molecule has 1 aromatic heterocycles. The van der Waals surface area contributed by atoms with Crippen molar-refractivity contribution in [2.45, 2.75) is 13.3 Å². The quantitative estimate of drug-likeness (QED) is 0.204. The van der Waals surface area contributed by atoms with E-state index in [0.29, 0.717) is 40.0 Å². The molecule has 0 saturated carbocycles. The highest BCUT2D eigenvalue weighted by molar-refractivity contribution is 9.09. The molecule has 0 unspecified atom stereocenters. The second kappa shape index (κ2) is 8.07. The molecular weight excluding hydrogens is 420 g/mol. The Hall–Kier alpha value is -2.79. The van der Waals surface area contributed by atoms with Gasteiger partial charge in [0.2, 0.25) is 5.43 Å². The van der Waals surface area contributed by atoms with E-state index in [9.17, 15) is 4.79 Å². The van der Waals surface area contributed by atoms with Crippen molar-refractivity contribution in [2.24, 2.45) is 0 Å². The van der Waals surface area contributed by atoms with Crippen LogP contribution in [0.2, 0.25) is 0 Å². The summed E-state index contributed by atoms with van der Waals surface area (Å²) in [4.78, 5) is 13.0. The summed E-state index contributed by atoms with van der Waals surface area (Å²) in [6.07, 6.45) is 0.863. The molecule has 0 aliphatic rings. The number of ether oxygens (including phenoxy) is 2. The first kappa shape index (κ1) is 18.6. The SMILES string of the molecule is Cc1cc(OCCCBr)c2oc3cc(Oc4ccccc4)ccc3c(=O)c2c1. The lowest BCUT2D eigenvalue weighted by Gasteiger charge is -2.11. The first-order valence-electron chi connectivity index (χ1n) is 9.08. The summed E-state index contributed by atoms with van der Waals surface area (Å²) in [5.41, 5.74) is 1.82. The summed E-state index contributed by atoms with van der Waals surface area (Å²) in [6.45, 7) is 2.49. The Morgan fingerprint density at radius 3 is 2.57 bits per heavy atom. The van der Waals surface area contributed by atoms with Crippen LogP contribution in [0.4, 0.5) is 0 Å². The van der Waals surface area contributed by atoms with Gasteiger partial charge in [-0.05, 0) is 55.3 Å². The molecule has 0 radical (unpaired) electrons. The fraction of sp³-hybridized carbons (Fsp3) is 0.174. The van der Waals surface area contributed by atoms with Crippen LogP contribution < -0.4 is 14.9 Å². The molecule has 0 aliphatic carbocycles. The number of para-hydroxylation sites is 1. The van der Waals surface area contributed by atoms with Crippen LogP contribution in [0.3, 0.4) is 0 Å². The van der Waals surface area contributed by atoms with Gasteiger partial charge in [-0.2, -0.15) is 0 Å². The first-order chi connectivity index (χ1) is 13.7. The Bertz CT molecular complexity index is 1180. The highest BCUT2D eigenvalue weighted by Gasteiger charge is 2.14. The van der Waals surface area contributed by atoms with Crippen molar-refractivity contribution in [3.8, 4) is 17.2 Å². The number of rotatable bonds is 6. The van der Waals surface area contributed by atoms with Crippen LogP contribution in [0, 0.1) is 6.92 Å². The number of alkyl halides is 1. The van der Waals surface area contributed by atoms with Gasteiger partial charge in [-0.25, -0.2) is 0 Å². The minimum Gasteiger partial charge on any atom is -0.490 e. The van der Waals surface area contributed by atoms with E-state index in [2.05, 4.69) is 15.9 Å². The zero-order valence-electron chi connectivity index (χ0n) is 15.4. The van der Waals surface area contributed by atoms with Crippen molar-refractivity contribution in [3.05, 3.63) is 76.5 Å². The predicted octanol–water partition coefficient (Wildman–Crippen LogP) is 6.21. The van der Waals surface area contributed by atoms with Gasteiger partial charge < -0.3 is 13.9 Å². The van der Waals surface area contributed by atoms with Gasteiger partial charge in [-0.15, -0.1) is 0 Å². The molecule has 4 aromatic rings. The predicted molar refractivity (Wildman–Crippen MR) is 115 cm³/mol. The summed E-state index contributed by atoms with van der Waals surface area (Å²) in [6, 6.07) is 18.5. The first-order valence-corrected chi connectivity index (χ1v) is 10.2. The Kier molecular flexibility index (Phi) is 5.35. The third-order valence-corrected chi connectivity index (χ3v) is 4.93. The van der Waals surface area contributed by atoms with E-state index in [0.717, 1.165) is 23.1 Å². The van der Waals surface area contributed by atoms with Crippen LogP contribution >= 0.6 is 15.9 Å². The van der Waals surface area contributed by atoms with Crippen LogP contribution in [0.1, 0.15) is 12.0 Å². The van der Waals surface area contributed by atoms with Crippen molar-refractivity contribution in [3.63, 3.8) is 0 Å². The molecule has 1 heterocycles. The van der Waals surface area contributed by atoms with E-state index in [-0.39, 0.29) is 5.43 Å². The molecule has 0 fully saturated rings. The maximum absolute atomic E-state index is 13.0. The van der Waals surface area contributed by atoms with Crippen LogP contribution in [-0.4, -0.2) is 11.9 Å². The molecule has 28 heavy (non-hydrogen) atoms. The summed E-state index contributed by atoms with van der Waals surface area (Å²) >= 11 is 3.40. The fourth-order valence-electron chi connectivity index (χ4n) is 3.08. The minimum atomic E-state index is -0.0726. The van der Waals surface area contributed by atoms with E-state index in [1.54, 1.807) is 18.2 Å². The molecule has 3 aromatic carbocycles. The van der Waals surface area contributed by atoms with Gasteiger partial charge in [-0.1, -0.05) is 34.1 Å². The molecule has 4 nitrogen and oxygen atoms in total. The normalized spacial score (nSPS) is 11.1. The molecule has 0 spiro atoms. The van der Waals surface area contributed by atoms with Crippen molar-refractivity contribution in [2.75, 3.05) is 11.9 Å². The number of fused-ring (bicyclic) bond motifs is 2. The lowest BCUT2D eigenvalue weighted by atomic mass is 10.1. The van der Waals surface area contributed by atoms with E-state index in [1.807, 2.05) is 49.4 Å². The maximum Gasteiger partial charge on any atom is 0.200 e. The second-order valence-electron chi connectivity index (χ2n) is 6.54. The van der Waals surface area contributed by atoms with E-state index in [1.165, 1.54) is 0 Å². The number of hydrogen-bond donors (Lipinski definition) is 0. The van der Waals surface area contributed by atoms with Crippen LogP contribution in [0.25, 0.3) is 21.9 Å². The Labute approximate surface area is 170 Å². The zero-order valence-corrected chi connectivity index (χ0v) is 17.0. The molecule has 0 amide bonds. The van der Waals surface area contributed by atoms with Gasteiger partial charge in [-0.3, -0.25) is 4.79 Å². The molecule has 0 saturated heterocycles. The fourth-order valence-corrected chi connectivity index (χ4v) is 3.30. The summed E-state index contributed by atoms with van der Waals surface area (Å²) < 4.78 is 17.9. The maximum atomic E-state index is 13.0. The molecule has 0 aliphatic heterocycles. The molecule has 4 rings (SSSR count). The third-order valence-electron chi connectivity index (χ3n) is 4.37. The Morgan fingerprint density at radius 1 is 0.964 bits per heavy atom. The second-order valence-corrected chi connectivity index (χ2v) is 7.33. The highest BCUT2D eigenvalue weighted by atomic mass is 79.9. The van der Waals surface area contributed by atoms with Crippen molar-refractivity contribution >= 4 is 37.9 Å². The summed E-state index contributed by atoms with van der Waals surface area (Å²) in [5.74, 6) is 1.92. The standard InChI is InChI=1S/C23H19BrO4/c1-15-12-19-22(25)18-9-8-17(27-16-6-3-2-4-7-16)14-20(18)28-23(19)21(13-15)26-11-5-10-24/h2-4,6-9,12-14H,5,10-11H2,1H3. The molecular formula is C23H19BrO4. The number of aryl methyl sites for hydroxylation is 1. The van der Waals surface area contributed by atoms with E-state index < -0.39 is 0 Å². The van der Waals surface area contributed by atoms with Crippen molar-refractivity contribution in [1.29, 1.82) is 0 Å². The smallest absolute Gasteiger partial charge is 0.200 e. The Balaban J connectivity index is 1.82. The highest BCUT2D eigenvalue weighted by Crippen LogP contribution is 2.31. The summed E-state index contributed by atoms with van der Waals surface area (Å²) in [5, 5.41) is 1.90. The van der Waals surface area contributed by atoms with Gasteiger partial charge in [0.15, 0.2) is 11.3 Å². The summed E-state index contributed by atoms with van der Waals surface area (Å²) in [7, 11) is 0. The number of benzene rings is 3. The van der Waals surface area contributed by atoms with E-state index in [4.69, 9.17) is 13.9 Å². The van der Waals surface area contributed by atoms with Gasteiger partial charge in [0.25, 0.3) is 0 Å². The lowest BCUT2D eigenvalue weighted by Crippen LogP contribution is -2.05. The van der Waals surface area contributed by atoms with E-state index >= 15 is 0 Å².